The summed E-state index contributed by atoms with van der Waals surface area (Å²) in [7, 11) is 0. The van der Waals surface area contributed by atoms with Gasteiger partial charge >= 0.3 is 0 Å². The van der Waals surface area contributed by atoms with Crippen LogP contribution in [0.3, 0.4) is 0 Å². The van der Waals surface area contributed by atoms with E-state index in [4.69, 9.17) is 27.9 Å². The van der Waals surface area contributed by atoms with E-state index in [0.717, 1.165) is 24.9 Å². The fraction of sp³-hybridized carbons (Fsp3) is 0.417. The Morgan fingerprint density at radius 1 is 1.00 bits per heavy atom. The average Bonchev–Trinajstić information content (AvgIpc) is 2.82. The number of anilines is 1. The first-order valence-corrected chi connectivity index (χ1v) is 11.7. The molecule has 0 radical (unpaired) electrons. The van der Waals surface area contributed by atoms with Crippen LogP contribution in [-0.4, -0.2) is 61.0 Å². The molecule has 0 saturated carbocycles. The van der Waals surface area contributed by atoms with Gasteiger partial charge in [0.15, 0.2) is 0 Å². The minimum Gasteiger partial charge on any atom is -0.378 e. The highest BCUT2D eigenvalue weighted by Gasteiger charge is 2.28. The number of hydrogen-bond donors (Lipinski definition) is 1. The van der Waals surface area contributed by atoms with Crippen LogP contribution in [-0.2, 0) is 16.1 Å². The average molecular weight is 476 g/mol. The summed E-state index contributed by atoms with van der Waals surface area (Å²) in [6, 6.07) is 12.7. The Balaban J connectivity index is 1.42. The molecule has 2 aromatic rings. The van der Waals surface area contributed by atoms with Crippen molar-refractivity contribution in [3.63, 3.8) is 0 Å². The van der Waals surface area contributed by atoms with E-state index in [-0.39, 0.29) is 17.7 Å². The maximum absolute atomic E-state index is 13.1. The molecule has 6 nitrogen and oxygen atoms in total. The normalized spacial score (nSPS) is 19.6. The molecule has 170 valence electrons. The van der Waals surface area contributed by atoms with E-state index in [0.29, 0.717) is 60.7 Å². The largest absolute Gasteiger partial charge is 0.378 e. The Kier molecular flexibility index (Phi) is 7.68. The predicted molar refractivity (Wildman–Crippen MR) is 126 cm³/mol. The highest BCUT2D eigenvalue weighted by atomic mass is 35.5. The molecule has 1 atom stereocenters. The molecular formula is C24H27Cl2N3O3. The van der Waals surface area contributed by atoms with E-state index in [1.807, 2.05) is 30.3 Å². The molecule has 4 rings (SSSR count). The van der Waals surface area contributed by atoms with E-state index in [2.05, 4.69) is 10.2 Å². The molecule has 2 aromatic carbocycles. The molecule has 2 heterocycles. The van der Waals surface area contributed by atoms with Gasteiger partial charge in [-0.3, -0.25) is 14.5 Å². The Hall–Kier alpha value is -2.12. The first kappa shape index (κ1) is 23.1. The standard InChI is InChI=1S/C24H27Cl2N3O3/c25-20-7-3-8-21(26)19(20)16-28-10-4-5-17(15-28)23(30)27-22-9-2-1-6-18(22)24(31)29-11-13-32-14-12-29/h1-3,6-9,17H,4-5,10-16H2,(H,27,30). The zero-order valence-electron chi connectivity index (χ0n) is 17.9. The number of morpholine rings is 1. The molecule has 1 N–H and O–H groups in total. The number of rotatable bonds is 5. The SMILES string of the molecule is O=C(Nc1ccccc1C(=O)N1CCOCC1)C1CCCN(Cc2c(Cl)cccc2Cl)C1. The first-order chi connectivity index (χ1) is 15.5. The zero-order valence-corrected chi connectivity index (χ0v) is 19.4. The highest BCUT2D eigenvalue weighted by Crippen LogP contribution is 2.28. The number of ether oxygens (including phenoxy) is 1. The summed E-state index contributed by atoms with van der Waals surface area (Å²) in [6.45, 7) is 4.30. The van der Waals surface area contributed by atoms with Crippen molar-refractivity contribution in [3.8, 4) is 0 Å². The maximum atomic E-state index is 13.1. The summed E-state index contributed by atoms with van der Waals surface area (Å²) >= 11 is 12.7. The van der Waals surface area contributed by atoms with Crippen LogP contribution < -0.4 is 5.32 Å². The van der Waals surface area contributed by atoms with Crippen LogP contribution in [0.5, 0.6) is 0 Å². The third kappa shape index (κ3) is 5.44. The Labute approximate surface area is 198 Å². The van der Waals surface area contributed by atoms with Gasteiger partial charge in [0, 0.05) is 41.8 Å². The van der Waals surface area contributed by atoms with E-state index in [9.17, 15) is 9.59 Å². The van der Waals surface area contributed by atoms with Crippen LogP contribution in [0.2, 0.25) is 10.0 Å². The van der Waals surface area contributed by atoms with Crippen LogP contribution in [0, 0.1) is 5.92 Å². The summed E-state index contributed by atoms with van der Waals surface area (Å²) in [4.78, 5) is 30.1. The van der Waals surface area contributed by atoms with Crippen molar-refractivity contribution >= 4 is 40.7 Å². The molecule has 8 heteroatoms. The van der Waals surface area contributed by atoms with Crippen LogP contribution in [0.25, 0.3) is 0 Å². The minimum atomic E-state index is -0.170. The molecule has 2 fully saturated rings. The molecule has 2 aliphatic rings. The van der Waals surface area contributed by atoms with Gasteiger partial charge in [-0.15, -0.1) is 0 Å². The van der Waals surface area contributed by atoms with Gasteiger partial charge in [-0.25, -0.2) is 0 Å². The van der Waals surface area contributed by atoms with Gasteiger partial charge in [0.25, 0.3) is 5.91 Å². The molecular weight excluding hydrogens is 449 g/mol. The molecule has 2 aliphatic heterocycles. The van der Waals surface area contributed by atoms with E-state index in [1.54, 1.807) is 17.0 Å². The number of para-hydroxylation sites is 1. The van der Waals surface area contributed by atoms with Crippen molar-refractivity contribution in [3.05, 3.63) is 63.6 Å². The minimum absolute atomic E-state index is 0.0674. The van der Waals surface area contributed by atoms with Gasteiger partial charge in [-0.2, -0.15) is 0 Å². The van der Waals surface area contributed by atoms with Crippen molar-refractivity contribution < 1.29 is 14.3 Å². The van der Waals surface area contributed by atoms with Crippen molar-refractivity contribution in [2.75, 3.05) is 44.7 Å². The van der Waals surface area contributed by atoms with Gasteiger partial charge in [-0.1, -0.05) is 41.4 Å². The number of halogens is 2. The molecule has 2 saturated heterocycles. The first-order valence-electron chi connectivity index (χ1n) is 10.9. The highest BCUT2D eigenvalue weighted by molar-refractivity contribution is 6.35. The number of piperidine rings is 1. The summed E-state index contributed by atoms with van der Waals surface area (Å²) in [6.07, 6.45) is 1.71. The van der Waals surface area contributed by atoms with Gasteiger partial charge in [0.05, 0.1) is 30.4 Å². The Morgan fingerprint density at radius 3 is 2.47 bits per heavy atom. The van der Waals surface area contributed by atoms with Gasteiger partial charge in [-0.05, 0) is 43.7 Å². The fourth-order valence-corrected chi connectivity index (χ4v) is 4.79. The molecule has 0 spiro atoms. The quantitative estimate of drug-likeness (QED) is 0.699. The van der Waals surface area contributed by atoms with Crippen LogP contribution in [0.15, 0.2) is 42.5 Å². The van der Waals surface area contributed by atoms with E-state index >= 15 is 0 Å². The van der Waals surface area contributed by atoms with Gasteiger partial charge < -0.3 is 15.0 Å². The molecule has 1 unspecified atom stereocenters. The lowest BCUT2D eigenvalue weighted by Gasteiger charge is -2.32. The van der Waals surface area contributed by atoms with Crippen LogP contribution in [0.1, 0.15) is 28.8 Å². The molecule has 0 aliphatic carbocycles. The second kappa shape index (κ2) is 10.7. The smallest absolute Gasteiger partial charge is 0.256 e. The molecule has 0 bridgehead atoms. The van der Waals surface area contributed by atoms with Crippen molar-refractivity contribution in [2.45, 2.75) is 19.4 Å². The van der Waals surface area contributed by atoms with Crippen molar-refractivity contribution in [1.82, 2.24) is 9.80 Å². The number of benzene rings is 2. The number of carbonyl (C=O) groups excluding carboxylic acids is 2. The number of nitrogens with zero attached hydrogens (tertiary/aromatic N) is 2. The van der Waals surface area contributed by atoms with E-state index in [1.165, 1.54) is 0 Å². The molecule has 32 heavy (non-hydrogen) atoms. The lowest BCUT2D eigenvalue weighted by Crippen LogP contribution is -2.42. The van der Waals surface area contributed by atoms with E-state index < -0.39 is 0 Å². The monoisotopic (exact) mass is 475 g/mol. The summed E-state index contributed by atoms with van der Waals surface area (Å²) < 4.78 is 5.34. The lowest BCUT2D eigenvalue weighted by molar-refractivity contribution is -0.121. The zero-order chi connectivity index (χ0) is 22.5. The lowest BCUT2D eigenvalue weighted by atomic mass is 9.96. The van der Waals surface area contributed by atoms with Gasteiger partial charge in [0.2, 0.25) is 5.91 Å². The number of nitrogens with one attached hydrogen (secondary N) is 1. The predicted octanol–water partition coefficient (Wildman–Crippen LogP) is 4.32. The maximum Gasteiger partial charge on any atom is 0.256 e. The number of amides is 2. The second-order valence-corrected chi connectivity index (χ2v) is 9.03. The van der Waals surface area contributed by atoms with Crippen LogP contribution in [0.4, 0.5) is 5.69 Å². The number of likely N-dealkylation sites (tertiary alicyclic amines) is 1. The second-order valence-electron chi connectivity index (χ2n) is 8.21. The summed E-state index contributed by atoms with van der Waals surface area (Å²) in [5.41, 5.74) is 1.96. The van der Waals surface area contributed by atoms with Gasteiger partial charge in [0.1, 0.15) is 0 Å². The third-order valence-corrected chi connectivity index (χ3v) is 6.74. The van der Waals surface area contributed by atoms with Crippen LogP contribution >= 0.6 is 23.2 Å². The van der Waals surface area contributed by atoms with Crippen molar-refractivity contribution in [2.24, 2.45) is 5.92 Å². The molecule has 2 amide bonds. The third-order valence-electron chi connectivity index (χ3n) is 6.03. The summed E-state index contributed by atoms with van der Waals surface area (Å²) in [5.74, 6) is -0.318. The fourth-order valence-electron chi connectivity index (χ4n) is 4.27. The number of carbonyl (C=O) groups is 2. The number of hydrogen-bond acceptors (Lipinski definition) is 4. The Bertz CT molecular complexity index is 958. The summed E-state index contributed by atoms with van der Waals surface area (Å²) in [5, 5.41) is 4.29. The van der Waals surface area contributed by atoms with Crippen molar-refractivity contribution in [1.29, 1.82) is 0 Å². The topological polar surface area (TPSA) is 61.9 Å². The Morgan fingerprint density at radius 2 is 1.72 bits per heavy atom. The molecule has 0 aromatic heterocycles.